The van der Waals surface area contributed by atoms with Gasteiger partial charge in [-0.25, -0.2) is 4.39 Å². The number of non-ortho nitro benzene ring substituents is 1. The Kier molecular flexibility index (Phi) is 3.14. The quantitative estimate of drug-likeness (QED) is 0.571. The van der Waals surface area contributed by atoms with Gasteiger partial charge in [0, 0.05) is 12.1 Å². The lowest BCUT2D eigenvalue weighted by molar-refractivity contribution is -0.384. The van der Waals surface area contributed by atoms with Crippen LogP contribution in [0.25, 0.3) is 11.0 Å². The van der Waals surface area contributed by atoms with Crippen molar-refractivity contribution in [3.63, 3.8) is 0 Å². The Morgan fingerprint density at radius 2 is 1.84 bits per heavy atom. The van der Waals surface area contributed by atoms with Crippen LogP contribution >= 0.6 is 0 Å². The van der Waals surface area contributed by atoms with E-state index in [1.165, 1.54) is 30.3 Å². The van der Waals surface area contributed by atoms with Crippen molar-refractivity contribution >= 4 is 22.6 Å². The Hall–Kier alpha value is -3.55. The Labute approximate surface area is 138 Å². The van der Waals surface area contributed by atoms with Crippen molar-refractivity contribution in [2.45, 2.75) is 6.04 Å². The first-order valence-corrected chi connectivity index (χ1v) is 7.27. The predicted molar refractivity (Wildman–Crippen MR) is 84.8 cm³/mol. The molecule has 1 aliphatic heterocycles. The van der Waals surface area contributed by atoms with Crippen LogP contribution in [0.5, 0.6) is 0 Å². The number of hydrogen-bond acceptors (Lipinski definition) is 5. The second-order valence-electron chi connectivity index (χ2n) is 5.57. The molecule has 0 saturated heterocycles. The van der Waals surface area contributed by atoms with Crippen LogP contribution < -0.4 is 10.7 Å². The normalized spacial score (nSPS) is 15.9. The van der Waals surface area contributed by atoms with Gasteiger partial charge in [-0.15, -0.1) is 0 Å². The van der Waals surface area contributed by atoms with Crippen LogP contribution in [0.2, 0.25) is 0 Å². The molecule has 1 aromatic heterocycles. The second kappa shape index (κ2) is 5.23. The van der Waals surface area contributed by atoms with Gasteiger partial charge in [-0.1, -0.05) is 0 Å². The number of halogens is 1. The first kappa shape index (κ1) is 15.0. The average Bonchev–Trinajstić information content (AvgIpc) is 2.93. The molecule has 4 rings (SSSR count). The molecule has 1 N–H and O–H groups in total. The molecule has 0 radical (unpaired) electrons. The number of nitrogens with zero attached hydrogens (tertiary/aromatic N) is 1. The molecule has 0 aliphatic carbocycles. The van der Waals surface area contributed by atoms with E-state index >= 15 is 0 Å². The zero-order valence-corrected chi connectivity index (χ0v) is 12.5. The molecular formula is C17H9FN2O5. The number of benzene rings is 2. The minimum atomic E-state index is -0.813. The molecule has 25 heavy (non-hydrogen) atoms. The van der Waals surface area contributed by atoms with Crippen LogP contribution in [0.15, 0.2) is 51.7 Å². The van der Waals surface area contributed by atoms with Gasteiger partial charge in [0.1, 0.15) is 11.4 Å². The van der Waals surface area contributed by atoms with E-state index in [0.29, 0.717) is 5.56 Å². The van der Waals surface area contributed by atoms with E-state index in [2.05, 4.69) is 5.32 Å². The molecule has 0 saturated carbocycles. The van der Waals surface area contributed by atoms with Crippen LogP contribution in [0.3, 0.4) is 0 Å². The van der Waals surface area contributed by atoms with Gasteiger partial charge in [0.05, 0.1) is 21.9 Å². The fraction of sp³-hybridized carbons (Fsp3) is 0.0588. The average molecular weight is 340 g/mol. The highest BCUT2D eigenvalue weighted by molar-refractivity contribution is 5.98. The van der Waals surface area contributed by atoms with Crippen LogP contribution in [0, 0.1) is 15.9 Å². The summed E-state index contributed by atoms with van der Waals surface area (Å²) in [7, 11) is 0. The lowest BCUT2D eigenvalue weighted by Crippen LogP contribution is -2.21. The summed E-state index contributed by atoms with van der Waals surface area (Å²) in [6.07, 6.45) is 0. The SMILES string of the molecule is O=C1NC(c2ccc([N+](=O)[O-])cc2)c2c1oc1ccc(F)cc1c2=O. The number of carbonyl (C=O) groups is 1. The maximum Gasteiger partial charge on any atom is 0.288 e. The topological polar surface area (TPSA) is 102 Å². The Balaban J connectivity index is 1.91. The van der Waals surface area contributed by atoms with Crippen molar-refractivity contribution in [3.8, 4) is 0 Å². The number of carbonyl (C=O) groups excluding carboxylic acids is 1. The molecule has 8 heteroatoms. The fourth-order valence-corrected chi connectivity index (χ4v) is 2.92. The molecule has 124 valence electrons. The molecule has 1 unspecified atom stereocenters. The van der Waals surface area contributed by atoms with Gasteiger partial charge >= 0.3 is 0 Å². The van der Waals surface area contributed by atoms with Crippen LogP contribution in [0.4, 0.5) is 10.1 Å². The first-order valence-electron chi connectivity index (χ1n) is 7.27. The van der Waals surface area contributed by atoms with E-state index in [1.807, 2.05) is 0 Å². The van der Waals surface area contributed by atoms with E-state index < -0.39 is 28.1 Å². The monoisotopic (exact) mass is 340 g/mol. The molecule has 1 aliphatic rings. The van der Waals surface area contributed by atoms with Crippen LogP contribution in [-0.2, 0) is 0 Å². The molecule has 0 bridgehead atoms. The number of amides is 1. The highest BCUT2D eigenvalue weighted by Gasteiger charge is 2.36. The number of nitro groups is 1. The number of hydrogen-bond donors (Lipinski definition) is 1. The van der Waals surface area contributed by atoms with E-state index in [-0.39, 0.29) is 28.0 Å². The highest BCUT2D eigenvalue weighted by atomic mass is 19.1. The van der Waals surface area contributed by atoms with Crippen molar-refractivity contribution in [2.75, 3.05) is 0 Å². The van der Waals surface area contributed by atoms with Gasteiger partial charge in [-0.3, -0.25) is 19.7 Å². The predicted octanol–water partition coefficient (Wildman–Crippen LogP) is 2.67. The van der Waals surface area contributed by atoms with Crippen LogP contribution in [0.1, 0.15) is 27.7 Å². The van der Waals surface area contributed by atoms with E-state index in [0.717, 1.165) is 12.1 Å². The molecule has 0 spiro atoms. The maximum absolute atomic E-state index is 13.5. The van der Waals surface area contributed by atoms with E-state index in [1.54, 1.807) is 0 Å². The zero-order chi connectivity index (χ0) is 17.7. The number of rotatable bonds is 2. The van der Waals surface area contributed by atoms with Gasteiger partial charge in [0.25, 0.3) is 11.6 Å². The molecule has 2 aromatic carbocycles. The van der Waals surface area contributed by atoms with Gasteiger partial charge in [-0.2, -0.15) is 0 Å². The lowest BCUT2D eigenvalue weighted by Gasteiger charge is -2.11. The summed E-state index contributed by atoms with van der Waals surface area (Å²) in [6, 6.07) is 8.13. The minimum Gasteiger partial charge on any atom is -0.450 e. The molecule has 0 fully saturated rings. The third-order valence-corrected chi connectivity index (χ3v) is 4.10. The van der Waals surface area contributed by atoms with Crippen molar-refractivity contribution in [2.24, 2.45) is 0 Å². The van der Waals surface area contributed by atoms with Crippen molar-refractivity contribution < 1.29 is 18.5 Å². The summed E-state index contributed by atoms with van der Waals surface area (Å²) < 4.78 is 18.9. The smallest absolute Gasteiger partial charge is 0.288 e. The van der Waals surface area contributed by atoms with Gasteiger partial charge in [-0.05, 0) is 35.9 Å². The van der Waals surface area contributed by atoms with Crippen molar-refractivity contribution in [1.29, 1.82) is 0 Å². The fourth-order valence-electron chi connectivity index (χ4n) is 2.92. The molecule has 1 amide bonds. The number of fused-ring (bicyclic) bond motifs is 2. The van der Waals surface area contributed by atoms with E-state index in [4.69, 9.17) is 4.42 Å². The lowest BCUT2D eigenvalue weighted by atomic mass is 9.99. The zero-order valence-electron chi connectivity index (χ0n) is 12.5. The summed E-state index contributed by atoms with van der Waals surface area (Å²) in [4.78, 5) is 35.1. The van der Waals surface area contributed by atoms with Gasteiger partial charge in [0.15, 0.2) is 5.43 Å². The molecule has 7 nitrogen and oxygen atoms in total. The summed E-state index contributed by atoms with van der Waals surface area (Å²) in [5, 5.41) is 13.4. The maximum atomic E-state index is 13.5. The summed E-state index contributed by atoms with van der Waals surface area (Å²) in [5.74, 6) is -1.29. The minimum absolute atomic E-state index is 0.0298. The van der Waals surface area contributed by atoms with Gasteiger partial charge < -0.3 is 9.73 Å². The standard InChI is InChI=1S/C17H9FN2O5/c18-9-3-6-12-11(7-9)15(21)13-14(19-17(22)16(13)25-12)8-1-4-10(5-2-8)20(23)24/h1-7,14H,(H,19,22). The molecule has 3 aromatic rings. The summed E-state index contributed by atoms with van der Waals surface area (Å²) in [6.45, 7) is 0. The van der Waals surface area contributed by atoms with Crippen molar-refractivity contribution in [1.82, 2.24) is 5.32 Å². The van der Waals surface area contributed by atoms with Crippen molar-refractivity contribution in [3.05, 3.63) is 85.5 Å². The van der Waals surface area contributed by atoms with E-state index in [9.17, 15) is 24.1 Å². The Morgan fingerprint density at radius 1 is 1.12 bits per heavy atom. The van der Waals surface area contributed by atoms with Crippen LogP contribution in [-0.4, -0.2) is 10.8 Å². The number of nitrogens with one attached hydrogen (secondary N) is 1. The number of nitro benzene ring substituents is 1. The second-order valence-corrected chi connectivity index (χ2v) is 5.57. The molecule has 2 heterocycles. The molecular weight excluding hydrogens is 331 g/mol. The Bertz CT molecular complexity index is 1100. The summed E-state index contributed by atoms with van der Waals surface area (Å²) in [5.41, 5.74) is 0.0423. The summed E-state index contributed by atoms with van der Waals surface area (Å²) >= 11 is 0. The van der Waals surface area contributed by atoms with Gasteiger partial charge in [0.2, 0.25) is 5.76 Å². The third-order valence-electron chi connectivity index (χ3n) is 4.10. The largest absolute Gasteiger partial charge is 0.450 e. The highest BCUT2D eigenvalue weighted by Crippen LogP contribution is 2.31. The molecule has 1 atom stereocenters. The Morgan fingerprint density at radius 3 is 2.52 bits per heavy atom. The first-order chi connectivity index (χ1) is 12.0. The third kappa shape index (κ3) is 2.26.